The van der Waals surface area contributed by atoms with Gasteiger partial charge in [0.15, 0.2) is 0 Å². The maximum atomic E-state index is 3.29. The van der Waals surface area contributed by atoms with E-state index in [2.05, 4.69) is 58.3 Å². The van der Waals surface area contributed by atoms with Gasteiger partial charge in [-0.05, 0) is 85.4 Å². The Kier molecular flexibility index (Phi) is 7.01. The summed E-state index contributed by atoms with van der Waals surface area (Å²) in [5.74, 6) is 20.0. The highest BCUT2D eigenvalue weighted by atomic mass is 14.6. The summed E-state index contributed by atoms with van der Waals surface area (Å²) < 4.78 is 0. The summed E-state index contributed by atoms with van der Waals surface area (Å²) in [6, 6.07) is 0. The SMILES string of the molecule is CC(C)CC1[C@H]2CCC#CCC[C@@H]12.CC(C)C[C@@H]1[C@@H]2CCC#CCC[C@]12C. The van der Waals surface area contributed by atoms with E-state index in [0.29, 0.717) is 5.41 Å². The average Bonchev–Trinajstić information content (AvgIpc) is 3.34. The summed E-state index contributed by atoms with van der Waals surface area (Å²) in [5.41, 5.74) is 0.666. The van der Waals surface area contributed by atoms with Gasteiger partial charge in [-0.2, -0.15) is 0 Å². The zero-order valence-corrected chi connectivity index (χ0v) is 18.6. The molecular weight excluding hydrogens is 324 g/mol. The summed E-state index contributed by atoms with van der Waals surface area (Å²) in [6.45, 7) is 11.9. The number of hydrogen-bond donors (Lipinski definition) is 0. The first kappa shape index (κ1) is 20.8. The van der Waals surface area contributed by atoms with Crippen molar-refractivity contribution in [3.8, 4) is 23.7 Å². The third kappa shape index (κ3) is 5.35. The topological polar surface area (TPSA) is 0 Å². The molecule has 0 radical (unpaired) electrons. The van der Waals surface area contributed by atoms with Crippen LogP contribution in [0.2, 0.25) is 0 Å². The van der Waals surface area contributed by atoms with Crippen molar-refractivity contribution in [3.63, 3.8) is 0 Å². The molecule has 0 amide bonds. The zero-order valence-electron chi connectivity index (χ0n) is 18.6. The number of rotatable bonds is 4. The quantitative estimate of drug-likeness (QED) is 0.457. The van der Waals surface area contributed by atoms with Gasteiger partial charge in [0.25, 0.3) is 0 Å². The van der Waals surface area contributed by atoms with E-state index in [1.54, 1.807) is 0 Å². The van der Waals surface area contributed by atoms with Crippen molar-refractivity contribution in [2.24, 2.45) is 46.8 Å². The Morgan fingerprint density at radius 2 is 1.26 bits per heavy atom. The molecule has 4 aliphatic rings. The van der Waals surface area contributed by atoms with E-state index in [-0.39, 0.29) is 0 Å². The van der Waals surface area contributed by atoms with Crippen LogP contribution in [0, 0.1) is 70.5 Å². The smallest absolute Gasteiger partial charge is 0.00940 e. The Morgan fingerprint density at radius 1 is 0.741 bits per heavy atom. The molecule has 0 spiro atoms. The highest BCUT2D eigenvalue weighted by Gasteiger charge is 2.58. The average molecular weight is 367 g/mol. The molecule has 0 heterocycles. The number of hydrogen-bond acceptors (Lipinski definition) is 0. The fourth-order valence-electron chi connectivity index (χ4n) is 6.27. The van der Waals surface area contributed by atoms with Gasteiger partial charge in [-0.15, -0.1) is 23.7 Å². The molecule has 0 aromatic heterocycles. The first-order chi connectivity index (χ1) is 12.9. The van der Waals surface area contributed by atoms with E-state index < -0.39 is 0 Å². The van der Waals surface area contributed by atoms with Crippen LogP contribution in [-0.2, 0) is 0 Å². The Hall–Kier alpha value is -0.880. The van der Waals surface area contributed by atoms with Gasteiger partial charge in [0, 0.05) is 25.7 Å². The van der Waals surface area contributed by atoms with Crippen molar-refractivity contribution >= 4 is 0 Å². The lowest BCUT2D eigenvalue weighted by molar-refractivity contribution is 0.408. The molecule has 27 heavy (non-hydrogen) atoms. The summed E-state index contributed by atoms with van der Waals surface area (Å²) in [6.07, 6.45) is 13.0. The predicted octanol–water partition coefficient (Wildman–Crippen LogP) is 7.33. The van der Waals surface area contributed by atoms with Crippen LogP contribution in [-0.4, -0.2) is 0 Å². The van der Waals surface area contributed by atoms with Crippen LogP contribution in [0.3, 0.4) is 0 Å². The first-order valence-electron chi connectivity index (χ1n) is 11.8. The molecule has 6 atom stereocenters. The molecule has 150 valence electrons. The van der Waals surface area contributed by atoms with Gasteiger partial charge in [-0.3, -0.25) is 0 Å². The molecule has 4 rings (SSSR count). The Bertz CT molecular complexity index is 585. The van der Waals surface area contributed by atoms with E-state index >= 15 is 0 Å². The third-order valence-corrected chi connectivity index (χ3v) is 7.87. The summed E-state index contributed by atoms with van der Waals surface area (Å²) >= 11 is 0. The maximum absolute atomic E-state index is 3.29. The lowest BCUT2D eigenvalue weighted by Gasteiger charge is -2.11. The molecule has 0 heteroatoms. The molecular formula is C27H42. The van der Waals surface area contributed by atoms with E-state index in [9.17, 15) is 0 Å². The zero-order chi connectivity index (χ0) is 19.4. The van der Waals surface area contributed by atoms with Crippen molar-refractivity contribution in [1.29, 1.82) is 0 Å². The molecule has 0 N–H and O–H groups in total. The molecule has 0 aromatic rings. The first-order valence-corrected chi connectivity index (χ1v) is 11.8. The summed E-state index contributed by atoms with van der Waals surface area (Å²) in [4.78, 5) is 0. The molecule has 1 unspecified atom stereocenters. The van der Waals surface area contributed by atoms with E-state index in [1.807, 2.05) is 0 Å². The van der Waals surface area contributed by atoms with Gasteiger partial charge in [0.05, 0.1) is 0 Å². The third-order valence-electron chi connectivity index (χ3n) is 7.87. The Balaban J connectivity index is 0.000000156. The van der Waals surface area contributed by atoms with Crippen LogP contribution in [0.4, 0.5) is 0 Å². The lowest BCUT2D eigenvalue weighted by atomic mass is 9.93. The van der Waals surface area contributed by atoms with Gasteiger partial charge in [0.2, 0.25) is 0 Å². The standard InChI is InChI=1S/C14H22.C13H20/c1-11(2)10-13-12-8-6-4-5-7-9-14(12,13)3;1-10(2)9-13-11-7-5-3-4-6-8-12(11)13/h11-13H,6-10H2,1-3H3;10-13H,5-9H2,1-2H3/t12-,13+,14-;11-,12+,13?/m0./s1. The largest absolute Gasteiger partial charge is 0.103 e. The Labute approximate surface area is 169 Å². The molecule has 2 fully saturated rings. The molecule has 0 aromatic carbocycles. The van der Waals surface area contributed by atoms with Crippen LogP contribution >= 0.6 is 0 Å². The van der Waals surface area contributed by atoms with Gasteiger partial charge in [-0.1, -0.05) is 34.6 Å². The summed E-state index contributed by atoms with van der Waals surface area (Å²) in [5, 5.41) is 0. The molecule has 0 aliphatic heterocycles. The van der Waals surface area contributed by atoms with Crippen LogP contribution < -0.4 is 0 Å². The van der Waals surface area contributed by atoms with E-state index in [0.717, 1.165) is 67.1 Å². The minimum Gasteiger partial charge on any atom is -0.103 e. The van der Waals surface area contributed by atoms with Crippen molar-refractivity contribution in [2.45, 2.75) is 98.8 Å². The van der Waals surface area contributed by atoms with E-state index in [4.69, 9.17) is 0 Å². The minimum atomic E-state index is 0.666. The maximum Gasteiger partial charge on any atom is 0.00940 e. The van der Waals surface area contributed by atoms with Crippen LogP contribution in [0.5, 0.6) is 0 Å². The highest BCUT2D eigenvalue weighted by Crippen LogP contribution is 2.65. The van der Waals surface area contributed by atoms with Crippen molar-refractivity contribution in [3.05, 3.63) is 0 Å². The van der Waals surface area contributed by atoms with Crippen molar-refractivity contribution in [2.75, 3.05) is 0 Å². The Morgan fingerprint density at radius 3 is 1.81 bits per heavy atom. The predicted molar refractivity (Wildman–Crippen MR) is 117 cm³/mol. The van der Waals surface area contributed by atoms with Crippen molar-refractivity contribution < 1.29 is 0 Å². The van der Waals surface area contributed by atoms with Gasteiger partial charge in [-0.25, -0.2) is 0 Å². The fraction of sp³-hybridized carbons (Fsp3) is 0.852. The van der Waals surface area contributed by atoms with Crippen LogP contribution in [0.25, 0.3) is 0 Å². The molecule has 0 saturated heterocycles. The fourth-order valence-corrected chi connectivity index (χ4v) is 6.27. The molecule has 2 saturated carbocycles. The molecule has 4 aliphatic carbocycles. The van der Waals surface area contributed by atoms with Crippen LogP contribution in [0.15, 0.2) is 0 Å². The molecule has 0 nitrogen and oxygen atoms in total. The monoisotopic (exact) mass is 366 g/mol. The van der Waals surface area contributed by atoms with Gasteiger partial charge in [0.1, 0.15) is 0 Å². The molecule has 0 bridgehead atoms. The normalized spacial score (nSPS) is 38.9. The second-order valence-corrected chi connectivity index (χ2v) is 10.8. The highest BCUT2D eigenvalue weighted by molar-refractivity contribution is 5.13. The second-order valence-electron chi connectivity index (χ2n) is 10.8. The van der Waals surface area contributed by atoms with E-state index in [1.165, 1.54) is 38.5 Å². The van der Waals surface area contributed by atoms with Crippen molar-refractivity contribution in [1.82, 2.24) is 0 Å². The summed E-state index contributed by atoms with van der Waals surface area (Å²) in [7, 11) is 0. The second kappa shape index (κ2) is 9.08. The number of fused-ring (bicyclic) bond motifs is 2. The minimum absolute atomic E-state index is 0.666. The van der Waals surface area contributed by atoms with Crippen LogP contribution in [0.1, 0.15) is 98.8 Å². The van der Waals surface area contributed by atoms with Gasteiger partial charge < -0.3 is 0 Å². The lowest BCUT2D eigenvalue weighted by Crippen LogP contribution is -2.01. The van der Waals surface area contributed by atoms with Gasteiger partial charge >= 0.3 is 0 Å².